The fourth-order valence-corrected chi connectivity index (χ4v) is 0.753. The number of allylic oxidation sites excluding steroid dienone is 1. The third-order valence-electron chi connectivity index (χ3n) is 1.31. The first-order valence-corrected chi connectivity index (χ1v) is 3.85. The van der Waals surface area contributed by atoms with Crippen molar-refractivity contribution in [2.75, 3.05) is 0 Å². The third-order valence-corrected chi connectivity index (χ3v) is 1.31. The average molecular weight is 328 g/mol. The molecule has 1 rings (SSSR count). The first-order valence-electron chi connectivity index (χ1n) is 3.85. The fraction of sp³-hybridized carbons (Fsp3) is 0.273. The molecule has 0 nitrogen and oxygen atoms in total. The molecule has 0 heterocycles. The third kappa shape index (κ3) is 4.51. The minimum atomic E-state index is 0. The topological polar surface area (TPSA) is 0 Å². The summed E-state index contributed by atoms with van der Waals surface area (Å²) in [7, 11) is 0. The van der Waals surface area contributed by atoms with E-state index in [4.69, 9.17) is 0 Å². The molecule has 1 heteroatoms. The maximum atomic E-state index is 3.21. The van der Waals surface area contributed by atoms with Gasteiger partial charge in [-0.3, -0.25) is 0 Å². The summed E-state index contributed by atoms with van der Waals surface area (Å²) in [5.74, 6) is 0.489. The molecule has 0 bridgehead atoms. The van der Waals surface area contributed by atoms with Gasteiger partial charge in [-0.25, -0.2) is 12.1 Å². The van der Waals surface area contributed by atoms with Crippen molar-refractivity contribution in [2.45, 2.75) is 13.8 Å². The predicted octanol–water partition coefficient (Wildman–Crippen LogP) is 2.96. The zero-order chi connectivity index (χ0) is 8.10. The van der Waals surface area contributed by atoms with Gasteiger partial charge >= 0.3 is 21.1 Å². The Hall–Kier alpha value is -0.352. The molecule has 0 amide bonds. The van der Waals surface area contributed by atoms with E-state index in [1.54, 1.807) is 0 Å². The van der Waals surface area contributed by atoms with Gasteiger partial charge in [-0.2, -0.15) is 12.1 Å². The van der Waals surface area contributed by atoms with Crippen molar-refractivity contribution in [2.24, 2.45) is 5.92 Å². The Morgan fingerprint density at radius 1 is 1.42 bits per heavy atom. The maximum absolute atomic E-state index is 3.21. The Balaban J connectivity index is 0.00000121. The Kier molecular flexibility index (Phi) is 6.01. The molecule has 0 saturated heterocycles. The molecule has 0 aliphatic heterocycles. The minimum Gasteiger partial charge on any atom is -0.324 e. The van der Waals surface area contributed by atoms with Crippen LogP contribution in [0.15, 0.2) is 24.3 Å². The summed E-state index contributed by atoms with van der Waals surface area (Å²) in [5.41, 5.74) is 1.10. The average Bonchev–Trinajstić information content (AvgIpc) is 2.03. The summed E-state index contributed by atoms with van der Waals surface area (Å²) in [6.07, 6.45) is 5.18. The van der Waals surface area contributed by atoms with E-state index in [2.05, 4.69) is 26.0 Å². The Labute approximate surface area is 89.0 Å². The molecule has 1 aromatic carbocycles. The Morgan fingerprint density at radius 2 is 2.17 bits per heavy atom. The molecule has 0 aliphatic rings. The largest absolute Gasteiger partial charge is 2.00 e. The Morgan fingerprint density at radius 3 is 2.67 bits per heavy atom. The molecule has 12 heavy (non-hydrogen) atoms. The van der Waals surface area contributed by atoms with Crippen LogP contribution in [0.25, 0.3) is 6.08 Å². The van der Waals surface area contributed by atoms with Crippen LogP contribution in [0.1, 0.15) is 19.4 Å². The van der Waals surface area contributed by atoms with Gasteiger partial charge in [0.25, 0.3) is 0 Å². The van der Waals surface area contributed by atoms with E-state index in [0.717, 1.165) is 5.56 Å². The van der Waals surface area contributed by atoms with Crippen LogP contribution in [0.3, 0.4) is 0 Å². The summed E-state index contributed by atoms with van der Waals surface area (Å²) in [5, 5.41) is 0. The molecular weight excluding hydrogens is 316 g/mol. The van der Waals surface area contributed by atoms with Gasteiger partial charge in [-0.1, -0.05) is 13.8 Å². The van der Waals surface area contributed by atoms with Gasteiger partial charge in [-0.15, -0.1) is 12.0 Å². The first kappa shape index (κ1) is 11.6. The molecule has 0 atom stereocenters. The molecule has 62 valence electrons. The first-order chi connectivity index (χ1) is 5.29. The van der Waals surface area contributed by atoms with Crippen LogP contribution in [0, 0.1) is 18.1 Å². The van der Waals surface area contributed by atoms with Gasteiger partial charge in [0, 0.05) is 0 Å². The van der Waals surface area contributed by atoms with Crippen molar-refractivity contribution in [3.8, 4) is 0 Å². The van der Waals surface area contributed by atoms with Crippen LogP contribution >= 0.6 is 0 Å². The van der Waals surface area contributed by atoms with Crippen LogP contribution in [-0.4, -0.2) is 0 Å². The van der Waals surface area contributed by atoms with E-state index in [-0.39, 0.29) is 21.1 Å². The molecule has 0 N–H and O–H groups in total. The van der Waals surface area contributed by atoms with Crippen molar-refractivity contribution in [1.82, 2.24) is 0 Å². The standard InChI is InChI=1S/C11H12.W/c1-10(2)8-9-11-6-4-3-5-7-11;/h3-6,9-10H,1-2H3;/q-2;+2. The minimum absolute atomic E-state index is 0. The summed E-state index contributed by atoms with van der Waals surface area (Å²) < 4.78 is 0. The monoisotopic (exact) mass is 328 g/mol. The Bertz CT molecular complexity index is 224. The van der Waals surface area contributed by atoms with Crippen LogP contribution in [0.2, 0.25) is 0 Å². The predicted molar refractivity (Wildman–Crippen MR) is 47.8 cm³/mol. The number of hydrogen-bond acceptors (Lipinski definition) is 0. The van der Waals surface area contributed by atoms with Crippen LogP contribution in [-0.2, 0) is 21.1 Å². The van der Waals surface area contributed by atoms with Gasteiger partial charge in [0.2, 0.25) is 0 Å². The fourth-order valence-electron chi connectivity index (χ4n) is 0.753. The molecule has 1 aromatic rings. The molecule has 0 radical (unpaired) electrons. The number of hydrogen-bond donors (Lipinski definition) is 0. The maximum Gasteiger partial charge on any atom is 2.00 e. The molecule has 0 aromatic heterocycles. The number of rotatable bonds is 2. The summed E-state index contributed by atoms with van der Waals surface area (Å²) >= 11 is 0. The van der Waals surface area contributed by atoms with Crippen molar-refractivity contribution >= 4 is 6.08 Å². The van der Waals surface area contributed by atoms with E-state index in [1.165, 1.54) is 0 Å². The van der Waals surface area contributed by atoms with Gasteiger partial charge < -0.3 is 17.7 Å². The van der Waals surface area contributed by atoms with Gasteiger partial charge in [0.05, 0.1) is 0 Å². The molecule has 0 fully saturated rings. The number of benzene rings is 1. The van der Waals surface area contributed by atoms with Crippen LogP contribution in [0.4, 0.5) is 0 Å². The zero-order valence-electron chi connectivity index (χ0n) is 7.37. The SMILES string of the molecule is CC(C)[C-]=Cc1[c-]cccc1.[W+2]. The smallest absolute Gasteiger partial charge is 0.324 e. The van der Waals surface area contributed by atoms with E-state index < -0.39 is 0 Å². The molecule has 0 spiro atoms. The van der Waals surface area contributed by atoms with Gasteiger partial charge in [0.15, 0.2) is 0 Å². The second-order valence-corrected chi connectivity index (χ2v) is 2.78. The molecule has 0 unspecified atom stereocenters. The zero-order valence-corrected chi connectivity index (χ0v) is 10.3. The summed E-state index contributed by atoms with van der Waals surface area (Å²) in [4.78, 5) is 0. The van der Waals surface area contributed by atoms with Gasteiger partial charge in [0.1, 0.15) is 0 Å². The van der Waals surface area contributed by atoms with E-state index in [1.807, 2.05) is 30.3 Å². The second kappa shape index (κ2) is 6.20. The van der Waals surface area contributed by atoms with Crippen molar-refractivity contribution in [3.05, 3.63) is 42.0 Å². The van der Waals surface area contributed by atoms with Crippen LogP contribution in [0.5, 0.6) is 0 Å². The molecular formula is C11H12W. The second-order valence-electron chi connectivity index (χ2n) is 2.78. The quantitative estimate of drug-likeness (QED) is 0.733. The van der Waals surface area contributed by atoms with Crippen LogP contribution < -0.4 is 0 Å². The van der Waals surface area contributed by atoms with Crippen molar-refractivity contribution in [3.63, 3.8) is 0 Å². The molecule has 0 aliphatic carbocycles. The van der Waals surface area contributed by atoms with Gasteiger partial charge in [-0.05, 0) is 0 Å². The summed E-state index contributed by atoms with van der Waals surface area (Å²) in [6.45, 7) is 4.22. The normalized spacial score (nSPS) is 10.2. The summed E-state index contributed by atoms with van der Waals surface area (Å²) in [6, 6.07) is 11.0. The van der Waals surface area contributed by atoms with Crippen molar-refractivity contribution in [1.29, 1.82) is 0 Å². The van der Waals surface area contributed by atoms with Crippen molar-refractivity contribution < 1.29 is 21.1 Å². The van der Waals surface area contributed by atoms with E-state index in [9.17, 15) is 0 Å². The van der Waals surface area contributed by atoms with E-state index >= 15 is 0 Å². The molecule has 0 saturated carbocycles. The van der Waals surface area contributed by atoms with E-state index in [0.29, 0.717) is 5.92 Å².